The first kappa shape index (κ1) is 12.6. The summed E-state index contributed by atoms with van der Waals surface area (Å²) in [6, 6.07) is 1.83. The summed E-state index contributed by atoms with van der Waals surface area (Å²) in [5.41, 5.74) is -0.933. The van der Waals surface area contributed by atoms with Crippen molar-refractivity contribution >= 4 is 17.4 Å². The van der Waals surface area contributed by atoms with E-state index < -0.39 is 23.3 Å². The Bertz CT molecular complexity index is 429. The SMILES string of the molecule is COc1cc(Cl)cc(C(=O)C(F)(F)F)c1O. The average molecular weight is 255 g/mol. The van der Waals surface area contributed by atoms with Crippen LogP contribution in [0, 0.1) is 0 Å². The zero-order chi connectivity index (χ0) is 12.5. The van der Waals surface area contributed by atoms with Gasteiger partial charge in [0.1, 0.15) is 0 Å². The third kappa shape index (κ3) is 2.38. The number of carbonyl (C=O) groups is 1. The van der Waals surface area contributed by atoms with Gasteiger partial charge in [-0.05, 0) is 6.07 Å². The van der Waals surface area contributed by atoms with Crippen molar-refractivity contribution in [1.29, 1.82) is 0 Å². The van der Waals surface area contributed by atoms with Crippen LogP contribution in [0.15, 0.2) is 12.1 Å². The number of Topliss-reactive ketones (excluding diaryl/α,β-unsaturated/α-hetero) is 1. The van der Waals surface area contributed by atoms with E-state index in [1.807, 2.05) is 0 Å². The van der Waals surface area contributed by atoms with Crippen molar-refractivity contribution in [2.75, 3.05) is 7.11 Å². The van der Waals surface area contributed by atoms with Gasteiger partial charge < -0.3 is 9.84 Å². The van der Waals surface area contributed by atoms with Gasteiger partial charge in [-0.25, -0.2) is 0 Å². The molecule has 0 saturated carbocycles. The summed E-state index contributed by atoms with van der Waals surface area (Å²) >= 11 is 5.48. The minimum absolute atomic E-state index is 0.137. The lowest BCUT2D eigenvalue weighted by atomic mass is 10.1. The Morgan fingerprint density at radius 3 is 2.44 bits per heavy atom. The van der Waals surface area contributed by atoms with Crippen LogP contribution in [-0.2, 0) is 0 Å². The second-order valence-electron chi connectivity index (χ2n) is 2.83. The predicted octanol–water partition coefficient (Wildman–Crippen LogP) is 2.80. The highest BCUT2D eigenvalue weighted by Gasteiger charge is 2.41. The molecule has 0 saturated heterocycles. The molecular weight excluding hydrogens is 249 g/mol. The first-order chi connectivity index (χ1) is 7.27. The lowest BCUT2D eigenvalue weighted by molar-refractivity contribution is -0.0886. The van der Waals surface area contributed by atoms with Crippen LogP contribution in [0.1, 0.15) is 10.4 Å². The second kappa shape index (κ2) is 4.21. The lowest BCUT2D eigenvalue weighted by Crippen LogP contribution is -2.22. The average Bonchev–Trinajstić information content (AvgIpc) is 2.18. The molecule has 1 N–H and O–H groups in total. The summed E-state index contributed by atoms with van der Waals surface area (Å²) in [7, 11) is 1.13. The molecule has 0 fully saturated rings. The molecule has 0 spiro atoms. The Balaban J connectivity index is 3.34. The van der Waals surface area contributed by atoms with E-state index in [9.17, 15) is 23.1 Å². The van der Waals surface area contributed by atoms with Gasteiger partial charge in [0.25, 0.3) is 5.78 Å². The molecule has 0 aliphatic rings. The number of methoxy groups -OCH3 is 1. The van der Waals surface area contributed by atoms with Gasteiger partial charge in [0.05, 0.1) is 12.7 Å². The largest absolute Gasteiger partial charge is 0.504 e. The maximum Gasteiger partial charge on any atom is 0.455 e. The molecule has 0 aromatic heterocycles. The number of halogens is 4. The third-order valence-electron chi connectivity index (χ3n) is 1.76. The van der Waals surface area contributed by atoms with Crippen molar-refractivity contribution in [3.63, 3.8) is 0 Å². The lowest BCUT2D eigenvalue weighted by Gasteiger charge is -2.10. The van der Waals surface area contributed by atoms with Crippen molar-refractivity contribution in [2.45, 2.75) is 6.18 Å². The zero-order valence-corrected chi connectivity index (χ0v) is 8.69. The standard InChI is InChI=1S/C9H6ClF3O3/c1-16-6-3-4(10)2-5(7(6)14)8(15)9(11,12)13/h2-3,14H,1H3. The first-order valence-corrected chi connectivity index (χ1v) is 4.33. The Labute approximate surface area is 93.4 Å². The number of carbonyl (C=O) groups excluding carboxylic acids is 1. The van der Waals surface area contributed by atoms with Crippen molar-refractivity contribution in [3.8, 4) is 11.5 Å². The third-order valence-corrected chi connectivity index (χ3v) is 1.98. The maximum absolute atomic E-state index is 12.1. The highest BCUT2D eigenvalue weighted by molar-refractivity contribution is 6.31. The Morgan fingerprint density at radius 2 is 2.00 bits per heavy atom. The van der Waals surface area contributed by atoms with Gasteiger partial charge in [-0.15, -0.1) is 0 Å². The van der Waals surface area contributed by atoms with E-state index in [2.05, 4.69) is 4.74 Å². The number of phenols is 1. The molecule has 1 aromatic carbocycles. The van der Waals surface area contributed by atoms with Crippen molar-refractivity contribution in [1.82, 2.24) is 0 Å². The van der Waals surface area contributed by atoms with E-state index in [1.54, 1.807) is 0 Å². The molecule has 1 rings (SSSR count). The fourth-order valence-electron chi connectivity index (χ4n) is 1.06. The van der Waals surface area contributed by atoms with E-state index in [4.69, 9.17) is 11.6 Å². The van der Waals surface area contributed by atoms with Crippen LogP contribution in [0.25, 0.3) is 0 Å². The van der Waals surface area contributed by atoms with Gasteiger partial charge in [0, 0.05) is 11.1 Å². The van der Waals surface area contributed by atoms with E-state index in [0.29, 0.717) is 0 Å². The van der Waals surface area contributed by atoms with E-state index >= 15 is 0 Å². The van der Waals surface area contributed by atoms with Gasteiger partial charge in [0.15, 0.2) is 11.5 Å². The molecule has 0 unspecified atom stereocenters. The summed E-state index contributed by atoms with van der Waals surface area (Å²) in [6.07, 6.45) is -5.08. The molecule has 1 aromatic rings. The number of hydrogen-bond donors (Lipinski definition) is 1. The topological polar surface area (TPSA) is 46.5 Å². The fourth-order valence-corrected chi connectivity index (χ4v) is 1.26. The predicted molar refractivity (Wildman–Crippen MR) is 50.1 cm³/mol. The van der Waals surface area contributed by atoms with Crippen LogP contribution in [-0.4, -0.2) is 24.2 Å². The molecule has 3 nitrogen and oxygen atoms in total. The van der Waals surface area contributed by atoms with Crippen LogP contribution in [0.4, 0.5) is 13.2 Å². The number of rotatable bonds is 2. The molecule has 0 bridgehead atoms. The number of hydrogen-bond acceptors (Lipinski definition) is 3. The van der Waals surface area contributed by atoms with Crippen LogP contribution in [0.5, 0.6) is 11.5 Å². The smallest absolute Gasteiger partial charge is 0.455 e. The first-order valence-electron chi connectivity index (χ1n) is 3.95. The second-order valence-corrected chi connectivity index (χ2v) is 3.27. The normalized spacial score (nSPS) is 11.3. The van der Waals surface area contributed by atoms with E-state index in [1.165, 1.54) is 0 Å². The fraction of sp³-hybridized carbons (Fsp3) is 0.222. The molecule has 0 atom stereocenters. The molecular formula is C9H6ClF3O3. The van der Waals surface area contributed by atoms with Crippen molar-refractivity contribution < 1.29 is 27.8 Å². The molecule has 7 heteroatoms. The summed E-state index contributed by atoms with van der Waals surface area (Å²) in [6.45, 7) is 0. The molecule has 0 amide bonds. The van der Waals surface area contributed by atoms with Crippen LogP contribution in [0.2, 0.25) is 5.02 Å². The summed E-state index contributed by atoms with van der Waals surface area (Å²) < 4.78 is 41.0. The van der Waals surface area contributed by atoms with Gasteiger partial charge >= 0.3 is 6.18 Å². The number of phenolic OH excluding ortho intramolecular Hbond substituents is 1. The summed E-state index contributed by atoms with van der Waals surface area (Å²) in [5.74, 6) is -3.35. The molecule has 16 heavy (non-hydrogen) atoms. The van der Waals surface area contributed by atoms with Crippen LogP contribution < -0.4 is 4.74 Å². The monoisotopic (exact) mass is 254 g/mol. The Morgan fingerprint density at radius 1 is 1.44 bits per heavy atom. The van der Waals surface area contributed by atoms with Gasteiger partial charge in [-0.1, -0.05) is 11.6 Å². The molecule has 88 valence electrons. The Hall–Kier alpha value is -1.43. The molecule has 0 aliphatic heterocycles. The van der Waals surface area contributed by atoms with Gasteiger partial charge in [-0.3, -0.25) is 4.79 Å². The van der Waals surface area contributed by atoms with E-state index in [0.717, 1.165) is 19.2 Å². The van der Waals surface area contributed by atoms with E-state index in [-0.39, 0.29) is 10.8 Å². The van der Waals surface area contributed by atoms with Gasteiger partial charge in [0.2, 0.25) is 0 Å². The highest BCUT2D eigenvalue weighted by atomic mass is 35.5. The quantitative estimate of drug-likeness (QED) is 0.826. The summed E-state index contributed by atoms with van der Waals surface area (Å²) in [4.78, 5) is 10.9. The Kier molecular flexibility index (Phi) is 3.32. The van der Waals surface area contributed by atoms with Crippen LogP contribution in [0.3, 0.4) is 0 Å². The van der Waals surface area contributed by atoms with Crippen molar-refractivity contribution in [2.24, 2.45) is 0 Å². The minimum atomic E-state index is -5.08. The minimum Gasteiger partial charge on any atom is -0.504 e. The highest BCUT2D eigenvalue weighted by Crippen LogP contribution is 2.36. The molecule has 0 aliphatic carbocycles. The zero-order valence-electron chi connectivity index (χ0n) is 7.93. The maximum atomic E-state index is 12.1. The molecule has 0 heterocycles. The van der Waals surface area contributed by atoms with Crippen molar-refractivity contribution in [3.05, 3.63) is 22.7 Å². The number of aromatic hydroxyl groups is 1. The number of ether oxygens (including phenoxy) is 1. The number of alkyl halides is 3. The van der Waals surface area contributed by atoms with Crippen LogP contribution >= 0.6 is 11.6 Å². The number of ketones is 1. The number of benzene rings is 1. The summed E-state index contributed by atoms with van der Waals surface area (Å²) in [5, 5.41) is 9.21. The molecule has 0 radical (unpaired) electrons. The van der Waals surface area contributed by atoms with Gasteiger partial charge in [-0.2, -0.15) is 13.2 Å².